The lowest BCUT2D eigenvalue weighted by molar-refractivity contribution is -0.116. The SMILES string of the molecule is O=C1CCN(c2ncc(-c3cccc(CO)c3F)cn2)C1. The summed E-state index contributed by atoms with van der Waals surface area (Å²) < 4.78 is 14.1. The molecular weight excluding hydrogens is 273 g/mol. The van der Waals surface area contributed by atoms with Crippen molar-refractivity contribution in [3.63, 3.8) is 0 Å². The van der Waals surface area contributed by atoms with Crippen LogP contribution in [-0.4, -0.2) is 33.9 Å². The topological polar surface area (TPSA) is 66.3 Å². The monoisotopic (exact) mass is 287 g/mol. The number of aromatic nitrogens is 2. The van der Waals surface area contributed by atoms with Crippen LogP contribution in [0.4, 0.5) is 10.3 Å². The molecule has 0 spiro atoms. The highest BCUT2D eigenvalue weighted by Gasteiger charge is 2.21. The molecule has 1 aromatic heterocycles. The van der Waals surface area contributed by atoms with Gasteiger partial charge in [0.15, 0.2) is 5.78 Å². The third-order valence-electron chi connectivity index (χ3n) is 3.51. The van der Waals surface area contributed by atoms with Crippen molar-refractivity contribution >= 4 is 11.7 Å². The number of carbonyl (C=O) groups is 1. The van der Waals surface area contributed by atoms with Crippen molar-refractivity contribution in [2.75, 3.05) is 18.0 Å². The predicted molar refractivity (Wildman–Crippen MR) is 75.2 cm³/mol. The highest BCUT2D eigenvalue weighted by molar-refractivity contribution is 5.86. The fourth-order valence-electron chi connectivity index (χ4n) is 2.35. The average molecular weight is 287 g/mol. The number of rotatable bonds is 3. The van der Waals surface area contributed by atoms with Gasteiger partial charge in [0.25, 0.3) is 0 Å². The zero-order valence-corrected chi connectivity index (χ0v) is 11.3. The van der Waals surface area contributed by atoms with E-state index >= 15 is 0 Å². The minimum Gasteiger partial charge on any atom is -0.392 e. The summed E-state index contributed by atoms with van der Waals surface area (Å²) in [6.07, 6.45) is 3.58. The number of nitrogens with zero attached hydrogens (tertiary/aromatic N) is 3. The summed E-state index contributed by atoms with van der Waals surface area (Å²) >= 11 is 0. The predicted octanol–water partition coefficient (Wildman–Crippen LogP) is 1.55. The van der Waals surface area contributed by atoms with Gasteiger partial charge in [0.1, 0.15) is 5.82 Å². The van der Waals surface area contributed by atoms with Crippen LogP contribution in [0.5, 0.6) is 0 Å². The first-order valence-electron chi connectivity index (χ1n) is 6.66. The van der Waals surface area contributed by atoms with Gasteiger partial charge in [0, 0.05) is 42.0 Å². The Bertz CT molecular complexity index is 673. The highest BCUT2D eigenvalue weighted by atomic mass is 19.1. The summed E-state index contributed by atoms with van der Waals surface area (Å²) in [5.41, 5.74) is 1.13. The van der Waals surface area contributed by atoms with E-state index in [-0.39, 0.29) is 18.0 Å². The molecule has 2 heterocycles. The summed E-state index contributed by atoms with van der Waals surface area (Å²) in [5, 5.41) is 9.09. The lowest BCUT2D eigenvalue weighted by Crippen LogP contribution is -2.21. The van der Waals surface area contributed by atoms with Gasteiger partial charge in [-0.15, -0.1) is 0 Å². The summed E-state index contributed by atoms with van der Waals surface area (Å²) in [4.78, 5) is 21.5. The number of aliphatic hydroxyl groups is 1. The molecule has 108 valence electrons. The fraction of sp³-hybridized carbons (Fsp3) is 0.267. The molecule has 0 unspecified atom stereocenters. The third-order valence-corrected chi connectivity index (χ3v) is 3.51. The van der Waals surface area contributed by atoms with Crippen LogP contribution in [0.25, 0.3) is 11.1 Å². The normalized spacial score (nSPS) is 14.8. The zero-order chi connectivity index (χ0) is 14.8. The Morgan fingerprint density at radius 2 is 2.05 bits per heavy atom. The molecule has 2 aromatic rings. The molecule has 0 saturated carbocycles. The van der Waals surface area contributed by atoms with Crippen molar-refractivity contribution < 1.29 is 14.3 Å². The maximum Gasteiger partial charge on any atom is 0.225 e. The van der Waals surface area contributed by atoms with Crippen molar-refractivity contribution in [1.29, 1.82) is 0 Å². The van der Waals surface area contributed by atoms with Gasteiger partial charge >= 0.3 is 0 Å². The van der Waals surface area contributed by atoms with Gasteiger partial charge in [0.05, 0.1) is 13.2 Å². The van der Waals surface area contributed by atoms with Crippen molar-refractivity contribution in [3.05, 3.63) is 42.0 Å². The first kappa shape index (κ1) is 13.6. The van der Waals surface area contributed by atoms with Crippen LogP contribution in [0.15, 0.2) is 30.6 Å². The van der Waals surface area contributed by atoms with Gasteiger partial charge in [-0.3, -0.25) is 4.79 Å². The molecule has 1 aromatic carbocycles. The van der Waals surface area contributed by atoms with Crippen LogP contribution in [-0.2, 0) is 11.4 Å². The molecule has 1 aliphatic heterocycles. The summed E-state index contributed by atoms with van der Waals surface area (Å²) in [6, 6.07) is 4.83. The van der Waals surface area contributed by atoms with Gasteiger partial charge in [-0.1, -0.05) is 18.2 Å². The van der Waals surface area contributed by atoms with Crippen LogP contribution in [0.1, 0.15) is 12.0 Å². The molecular formula is C15H14FN3O2. The van der Waals surface area contributed by atoms with Crippen molar-refractivity contribution in [1.82, 2.24) is 9.97 Å². The third kappa shape index (κ3) is 2.62. The van der Waals surface area contributed by atoms with E-state index in [1.807, 2.05) is 0 Å². The van der Waals surface area contributed by atoms with E-state index < -0.39 is 5.82 Å². The second-order valence-electron chi connectivity index (χ2n) is 4.92. The molecule has 1 N–H and O–H groups in total. The number of anilines is 1. The van der Waals surface area contributed by atoms with Crippen LogP contribution in [0.3, 0.4) is 0 Å². The minimum absolute atomic E-state index is 0.171. The van der Waals surface area contributed by atoms with E-state index in [0.717, 1.165) is 0 Å². The van der Waals surface area contributed by atoms with E-state index in [2.05, 4.69) is 9.97 Å². The van der Waals surface area contributed by atoms with Crippen LogP contribution >= 0.6 is 0 Å². The number of halogens is 1. The maximum absolute atomic E-state index is 14.1. The highest BCUT2D eigenvalue weighted by Crippen LogP contribution is 2.25. The molecule has 1 fully saturated rings. The first-order valence-corrected chi connectivity index (χ1v) is 6.66. The average Bonchev–Trinajstić information content (AvgIpc) is 2.94. The van der Waals surface area contributed by atoms with Gasteiger partial charge < -0.3 is 10.0 Å². The van der Waals surface area contributed by atoms with Gasteiger partial charge in [0.2, 0.25) is 5.95 Å². The summed E-state index contributed by atoms with van der Waals surface area (Å²) in [5.74, 6) is 0.181. The summed E-state index contributed by atoms with van der Waals surface area (Å²) in [7, 11) is 0. The molecule has 5 nitrogen and oxygen atoms in total. The molecule has 1 aliphatic rings. The Morgan fingerprint density at radius 1 is 1.29 bits per heavy atom. The molecule has 0 radical (unpaired) electrons. The van der Waals surface area contributed by atoms with E-state index in [9.17, 15) is 9.18 Å². The lowest BCUT2D eigenvalue weighted by atomic mass is 10.1. The van der Waals surface area contributed by atoms with Crippen LogP contribution < -0.4 is 4.90 Å². The second kappa shape index (κ2) is 5.57. The number of aliphatic hydroxyl groups excluding tert-OH is 1. The van der Waals surface area contributed by atoms with Gasteiger partial charge in [-0.25, -0.2) is 14.4 Å². The molecule has 0 bridgehead atoms. The molecule has 0 aliphatic carbocycles. The second-order valence-corrected chi connectivity index (χ2v) is 4.92. The largest absolute Gasteiger partial charge is 0.392 e. The van der Waals surface area contributed by atoms with Gasteiger partial charge in [-0.05, 0) is 0 Å². The molecule has 0 atom stereocenters. The molecule has 21 heavy (non-hydrogen) atoms. The first-order chi connectivity index (χ1) is 10.2. The zero-order valence-electron chi connectivity index (χ0n) is 11.3. The van der Waals surface area contributed by atoms with Crippen LogP contribution in [0.2, 0.25) is 0 Å². The number of benzene rings is 1. The molecule has 1 saturated heterocycles. The Morgan fingerprint density at radius 3 is 2.67 bits per heavy atom. The number of hydrogen-bond acceptors (Lipinski definition) is 5. The number of Topliss-reactive ketones (excluding diaryl/α,β-unsaturated/α-hetero) is 1. The smallest absolute Gasteiger partial charge is 0.225 e. The quantitative estimate of drug-likeness (QED) is 0.928. The number of hydrogen-bond donors (Lipinski definition) is 1. The van der Waals surface area contributed by atoms with Gasteiger partial charge in [-0.2, -0.15) is 0 Å². The van der Waals surface area contributed by atoms with E-state index in [1.165, 1.54) is 18.5 Å². The maximum atomic E-state index is 14.1. The van der Waals surface area contributed by atoms with Crippen molar-refractivity contribution in [2.45, 2.75) is 13.0 Å². The van der Waals surface area contributed by atoms with Crippen molar-refractivity contribution in [3.8, 4) is 11.1 Å². The Kier molecular flexibility index (Phi) is 3.62. The molecule has 0 amide bonds. The Hall–Kier alpha value is -2.34. The van der Waals surface area contributed by atoms with E-state index in [4.69, 9.17) is 5.11 Å². The minimum atomic E-state index is -0.465. The standard InChI is InChI=1S/C15H14FN3O2/c16-14-10(9-20)2-1-3-13(14)11-6-17-15(18-7-11)19-5-4-12(21)8-19/h1-3,6-7,20H,4-5,8-9H2. The lowest BCUT2D eigenvalue weighted by Gasteiger charge is -2.14. The fourth-order valence-corrected chi connectivity index (χ4v) is 2.35. The molecule has 3 rings (SSSR count). The molecule has 6 heteroatoms. The van der Waals surface area contributed by atoms with Crippen molar-refractivity contribution in [2.24, 2.45) is 0 Å². The number of carbonyl (C=O) groups excluding carboxylic acids is 1. The Balaban J connectivity index is 1.89. The number of ketones is 1. The van der Waals surface area contributed by atoms with E-state index in [1.54, 1.807) is 17.0 Å². The summed E-state index contributed by atoms with van der Waals surface area (Å²) in [6.45, 7) is 0.592. The van der Waals surface area contributed by atoms with E-state index in [0.29, 0.717) is 36.6 Å². The van der Waals surface area contributed by atoms with Crippen LogP contribution in [0, 0.1) is 5.82 Å². The Labute approximate surface area is 121 Å².